The predicted molar refractivity (Wildman–Crippen MR) is 123 cm³/mol. The molecule has 0 unspecified atom stereocenters. The summed E-state index contributed by atoms with van der Waals surface area (Å²) in [5.74, 6) is -0.0408. The molecule has 166 valence electrons. The maximum Gasteiger partial charge on any atom is 0.250 e. The minimum atomic E-state index is -0.577. The highest BCUT2D eigenvalue weighted by Crippen LogP contribution is 2.28. The highest BCUT2D eigenvalue weighted by atomic mass is 16.5. The molecule has 0 saturated heterocycles. The molecular weight excluding hydrogens is 396 g/mol. The van der Waals surface area contributed by atoms with Crippen molar-refractivity contribution in [3.63, 3.8) is 0 Å². The van der Waals surface area contributed by atoms with E-state index >= 15 is 0 Å². The molecule has 1 heterocycles. The average Bonchev–Trinajstić information content (AvgIpc) is 2.72. The molecule has 0 radical (unpaired) electrons. The van der Waals surface area contributed by atoms with Crippen molar-refractivity contribution in [2.45, 2.75) is 32.6 Å². The van der Waals surface area contributed by atoms with E-state index in [0.29, 0.717) is 48.1 Å². The Bertz CT molecular complexity index is 959. The molecule has 0 aliphatic carbocycles. The molecule has 0 atom stereocenters. The van der Waals surface area contributed by atoms with Crippen molar-refractivity contribution < 1.29 is 14.3 Å². The number of anilines is 3. The van der Waals surface area contributed by atoms with E-state index in [2.05, 4.69) is 17.2 Å². The van der Waals surface area contributed by atoms with Gasteiger partial charge in [0.25, 0.3) is 0 Å². The Balaban J connectivity index is 1.95. The third kappa shape index (κ3) is 6.91. The second-order valence-corrected chi connectivity index (χ2v) is 7.03. The van der Waals surface area contributed by atoms with Crippen molar-refractivity contribution in [3.8, 4) is 5.75 Å². The number of nitrogens with two attached hydrogens (primary N) is 4. The first-order chi connectivity index (χ1) is 14.8. The minimum Gasteiger partial charge on any atom is -0.493 e. The second-order valence-electron chi connectivity index (χ2n) is 7.03. The van der Waals surface area contributed by atoms with Gasteiger partial charge in [-0.3, -0.25) is 9.59 Å². The van der Waals surface area contributed by atoms with Gasteiger partial charge in [-0.2, -0.15) is 0 Å². The Morgan fingerprint density at radius 1 is 1.06 bits per heavy atom. The molecule has 0 aliphatic heterocycles. The number of nitrogens with one attached hydrogen (secondary N) is 1. The molecule has 2 rings (SSSR count). The van der Waals surface area contributed by atoms with E-state index < -0.39 is 11.8 Å². The Hall–Kier alpha value is -3.75. The van der Waals surface area contributed by atoms with E-state index in [0.717, 1.165) is 24.8 Å². The highest BCUT2D eigenvalue weighted by Gasteiger charge is 2.13. The van der Waals surface area contributed by atoms with Crippen LogP contribution in [0.1, 0.15) is 52.5 Å². The van der Waals surface area contributed by atoms with Crippen LogP contribution in [0.3, 0.4) is 0 Å². The fourth-order valence-corrected chi connectivity index (χ4v) is 2.88. The summed E-state index contributed by atoms with van der Waals surface area (Å²) in [6.45, 7) is 3.13. The first-order valence-corrected chi connectivity index (χ1v) is 10.1. The maximum absolute atomic E-state index is 11.5. The summed E-state index contributed by atoms with van der Waals surface area (Å²) < 4.78 is 5.85. The molecule has 0 bridgehead atoms. The standard InChI is InChI=1S/C22H30N6O3/c1-2-3-9-31-19-12-14(20(25)29)10-17(23)16(19)7-5-4-6-8-27-22-18(24)11-15(13-28-22)21(26)30/h4,6,10-13H,2-3,5,7-9,23-24H2,1H3,(H2,25,29)(H2,26,30)(H,27,28)/b6-4+. The molecule has 9 nitrogen and oxygen atoms in total. The third-order valence-electron chi connectivity index (χ3n) is 4.60. The predicted octanol–water partition coefficient (Wildman–Crippen LogP) is 2.22. The third-order valence-corrected chi connectivity index (χ3v) is 4.60. The number of benzene rings is 1. The Labute approximate surface area is 181 Å². The molecular formula is C22H30N6O3. The van der Waals surface area contributed by atoms with Crippen molar-refractivity contribution in [2.75, 3.05) is 29.9 Å². The van der Waals surface area contributed by atoms with Crippen LogP contribution in [0.4, 0.5) is 17.2 Å². The maximum atomic E-state index is 11.5. The van der Waals surface area contributed by atoms with E-state index in [1.54, 1.807) is 12.1 Å². The van der Waals surface area contributed by atoms with Gasteiger partial charge in [-0.15, -0.1) is 0 Å². The average molecular weight is 427 g/mol. The van der Waals surface area contributed by atoms with Crippen LogP contribution in [0.15, 0.2) is 36.5 Å². The SMILES string of the molecule is CCCCOc1cc(C(N)=O)cc(N)c1CC/C=C/CNc1ncc(C(N)=O)cc1N. The summed E-state index contributed by atoms with van der Waals surface area (Å²) in [4.78, 5) is 26.8. The number of amides is 2. The van der Waals surface area contributed by atoms with Crippen LogP contribution in [0, 0.1) is 0 Å². The number of nitrogen functional groups attached to an aromatic ring is 2. The zero-order valence-electron chi connectivity index (χ0n) is 17.7. The van der Waals surface area contributed by atoms with Crippen LogP contribution >= 0.6 is 0 Å². The lowest BCUT2D eigenvalue weighted by atomic mass is 10.0. The molecule has 0 saturated carbocycles. The second kappa shape index (κ2) is 11.4. The molecule has 2 amide bonds. The van der Waals surface area contributed by atoms with Gasteiger partial charge >= 0.3 is 0 Å². The van der Waals surface area contributed by atoms with Gasteiger partial charge in [0.15, 0.2) is 0 Å². The van der Waals surface area contributed by atoms with Crippen LogP contribution in [-0.2, 0) is 6.42 Å². The topological polar surface area (TPSA) is 172 Å². The Morgan fingerprint density at radius 3 is 2.42 bits per heavy atom. The lowest BCUT2D eigenvalue weighted by molar-refractivity contribution is 0.0991. The van der Waals surface area contributed by atoms with Crippen molar-refractivity contribution in [1.29, 1.82) is 0 Å². The number of unbranched alkanes of at least 4 members (excludes halogenated alkanes) is 1. The van der Waals surface area contributed by atoms with Crippen molar-refractivity contribution in [3.05, 3.63) is 53.2 Å². The molecule has 31 heavy (non-hydrogen) atoms. The van der Waals surface area contributed by atoms with Gasteiger partial charge in [0.2, 0.25) is 11.8 Å². The van der Waals surface area contributed by atoms with Gasteiger partial charge in [-0.05, 0) is 37.5 Å². The number of carbonyl (C=O) groups is 2. The first-order valence-electron chi connectivity index (χ1n) is 10.1. The van der Waals surface area contributed by atoms with Crippen molar-refractivity contribution in [2.24, 2.45) is 11.5 Å². The highest BCUT2D eigenvalue weighted by molar-refractivity contribution is 5.95. The lowest BCUT2D eigenvalue weighted by Crippen LogP contribution is -2.13. The van der Waals surface area contributed by atoms with Gasteiger partial charge in [-0.25, -0.2) is 4.98 Å². The molecule has 9 heteroatoms. The number of ether oxygens (including phenoxy) is 1. The number of carbonyl (C=O) groups excluding carboxylic acids is 2. The van der Waals surface area contributed by atoms with Gasteiger partial charge in [-0.1, -0.05) is 25.5 Å². The monoisotopic (exact) mass is 426 g/mol. The van der Waals surface area contributed by atoms with E-state index in [9.17, 15) is 9.59 Å². The minimum absolute atomic E-state index is 0.260. The number of aromatic nitrogens is 1. The van der Waals surface area contributed by atoms with E-state index in [-0.39, 0.29) is 5.56 Å². The number of hydrogen-bond donors (Lipinski definition) is 5. The largest absolute Gasteiger partial charge is 0.493 e. The number of pyridine rings is 1. The van der Waals surface area contributed by atoms with Crippen LogP contribution in [-0.4, -0.2) is 29.9 Å². The van der Waals surface area contributed by atoms with Gasteiger partial charge in [0.05, 0.1) is 17.9 Å². The number of hydrogen-bond acceptors (Lipinski definition) is 7. The zero-order valence-corrected chi connectivity index (χ0v) is 17.7. The zero-order chi connectivity index (χ0) is 22.8. The number of allylic oxidation sites excluding steroid dienone is 1. The van der Waals surface area contributed by atoms with E-state index in [1.165, 1.54) is 12.3 Å². The first kappa shape index (κ1) is 23.5. The van der Waals surface area contributed by atoms with Crippen LogP contribution in [0.25, 0.3) is 0 Å². The fourth-order valence-electron chi connectivity index (χ4n) is 2.88. The smallest absolute Gasteiger partial charge is 0.250 e. The van der Waals surface area contributed by atoms with Crippen LogP contribution in [0.5, 0.6) is 5.75 Å². The van der Waals surface area contributed by atoms with E-state index in [1.807, 2.05) is 12.2 Å². The lowest BCUT2D eigenvalue weighted by Gasteiger charge is -2.14. The Kier molecular flexibility index (Phi) is 8.68. The Morgan fingerprint density at radius 2 is 1.77 bits per heavy atom. The molecule has 0 aliphatic rings. The summed E-state index contributed by atoms with van der Waals surface area (Å²) in [6.07, 6.45) is 8.59. The quantitative estimate of drug-likeness (QED) is 0.196. The molecule has 0 spiro atoms. The molecule has 1 aromatic heterocycles. The summed E-state index contributed by atoms with van der Waals surface area (Å²) in [7, 11) is 0. The summed E-state index contributed by atoms with van der Waals surface area (Å²) in [5.41, 5.74) is 24.9. The van der Waals surface area contributed by atoms with Gasteiger partial charge < -0.3 is 33.0 Å². The van der Waals surface area contributed by atoms with Crippen molar-refractivity contribution in [1.82, 2.24) is 4.98 Å². The number of primary amides is 2. The molecule has 1 aromatic carbocycles. The van der Waals surface area contributed by atoms with Crippen LogP contribution in [0.2, 0.25) is 0 Å². The van der Waals surface area contributed by atoms with Gasteiger partial charge in [0.1, 0.15) is 11.6 Å². The number of nitrogens with zero attached hydrogens (tertiary/aromatic N) is 1. The van der Waals surface area contributed by atoms with Crippen LogP contribution < -0.4 is 33.0 Å². The summed E-state index contributed by atoms with van der Waals surface area (Å²) in [6, 6.07) is 4.72. The van der Waals surface area contributed by atoms with Gasteiger partial charge in [0, 0.05) is 29.6 Å². The molecule has 2 aromatic rings. The normalized spacial score (nSPS) is 10.9. The van der Waals surface area contributed by atoms with E-state index in [4.69, 9.17) is 27.7 Å². The molecule has 9 N–H and O–H groups in total. The molecule has 0 fully saturated rings. The van der Waals surface area contributed by atoms with Crippen molar-refractivity contribution >= 4 is 29.0 Å². The number of rotatable bonds is 12. The summed E-state index contributed by atoms with van der Waals surface area (Å²) in [5, 5.41) is 3.08. The summed E-state index contributed by atoms with van der Waals surface area (Å²) >= 11 is 0. The fraction of sp³-hybridized carbons (Fsp3) is 0.318.